The quantitative estimate of drug-likeness (QED) is 0.649. The maximum Gasteiger partial charge on any atom is 0.433 e. The Morgan fingerprint density at radius 3 is 2.29 bits per heavy atom. The largest absolute Gasteiger partial charge is 0.433 e. The van der Waals surface area contributed by atoms with E-state index in [9.17, 15) is 22.0 Å². The lowest BCUT2D eigenvalue weighted by Crippen LogP contribution is -2.11. The lowest BCUT2D eigenvalue weighted by Gasteiger charge is -2.11. The fourth-order valence-electron chi connectivity index (χ4n) is 1.07. The maximum absolute atomic E-state index is 12.2. The van der Waals surface area contributed by atoms with Crippen LogP contribution in [-0.4, -0.2) is 4.98 Å². The van der Waals surface area contributed by atoms with Crippen molar-refractivity contribution in [1.29, 1.82) is 0 Å². The first-order valence-electron chi connectivity index (χ1n) is 3.65. The molecule has 0 bridgehead atoms. The minimum absolute atomic E-state index is 0.519. The highest BCUT2D eigenvalue weighted by atomic mass is 19.4. The molecule has 6 heteroatoms. The Morgan fingerprint density at radius 1 is 1.29 bits per heavy atom. The van der Waals surface area contributed by atoms with Crippen LogP contribution in [0.1, 0.15) is 23.2 Å². The van der Waals surface area contributed by atoms with Crippen LogP contribution in [0.15, 0.2) is 12.3 Å². The molecule has 0 aromatic carbocycles. The van der Waals surface area contributed by atoms with Crippen molar-refractivity contribution >= 4 is 0 Å². The molecule has 0 unspecified atom stereocenters. The van der Waals surface area contributed by atoms with Crippen LogP contribution < -0.4 is 0 Å². The summed E-state index contributed by atoms with van der Waals surface area (Å²) < 4.78 is 61.0. The van der Waals surface area contributed by atoms with Crippen LogP contribution in [0.4, 0.5) is 22.0 Å². The molecule has 78 valence electrons. The molecule has 0 aliphatic heterocycles. The van der Waals surface area contributed by atoms with Gasteiger partial charge in [0.25, 0.3) is 6.43 Å². The van der Waals surface area contributed by atoms with Crippen molar-refractivity contribution in [3.8, 4) is 0 Å². The summed E-state index contributed by atoms with van der Waals surface area (Å²) in [4.78, 5) is 3.03. The Labute approximate surface area is 76.6 Å². The molecule has 14 heavy (non-hydrogen) atoms. The van der Waals surface area contributed by atoms with Gasteiger partial charge in [0, 0.05) is 11.8 Å². The van der Waals surface area contributed by atoms with Crippen LogP contribution in [0.2, 0.25) is 0 Å². The Bertz CT molecular complexity index is 331. The maximum atomic E-state index is 12.2. The summed E-state index contributed by atoms with van der Waals surface area (Å²) in [6, 6.07) is 0.884. The first-order valence-corrected chi connectivity index (χ1v) is 3.65. The topological polar surface area (TPSA) is 12.9 Å². The molecule has 0 fully saturated rings. The first kappa shape index (κ1) is 10.9. The van der Waals surface area contributed by atoms with Gasteiger partial charge in [-0.3, -0.25) is 4.98 Å². The first-order chi connectivity index (χ1) is 6.34. The summed E-state index contributed by atoms with van der Waals surface area (Å²) in [6.07, 6.45) is -6.87. The van der Waals surface area contributed by atoms with Crippen molar-refractivity contribution < 1.29 is 22.0 Å². The van der Waals surface area contributed by atoms with Crippen molar-refractivity contribution in [2.24, 2.45) is 0 Å². The van der Waals surface area contributed by atoms with Gasteiger partial charge in [0.1, 0.15) is 5.69 Å². The number of rotatable bonds is 1. The minimum atomic E-state index is -4.69. The van der Waals surface area contributed by atoms with E-state index in [1.807, 2.05) is 0 Å². The molecule has 0 N–H and O–H groups in total. The van der Waals surface area contributed by atoms with E-state index in [1.54, 1.807) is 0 Å². The Morgan fingerprint density at radius 2 is 1.86 bits per heavy atom. The third-order valence-electron chi connectivity index (χ3n) is 1.75. The van der Waals surface area contributed by atoms with Gasteiger partial charge >= 0.3 is 6.18 Å². The van der Waals surface area contributed by atoms with Crippen LogP contribution in [0.5, 0.6) is 0 Å². The van der Waals surface area contributed by atoms with Gasteiger partial charge in [-0.1, -0.05) is 0 Å². The minimum Gasteiger partial charge on any atom is -0.251 e. The van der Waals surface area contributed by atoms with Gasteiger partial charge in [-0.25, -0.2) is 8.78 Å². The molecule has 0 aliphatic carbocycles. The van der Waals surface area contributed by atoms with E-state index in [1.165, 1.54) is 0 Å². The third-order valence-corrected chi connectivity index (χ3v) is 1.75. The Hall–Kier alpha value is -1.20. The van der Waals surface area contributed by atoms with Crippen LogP contribution >= 0.6 is 0 Å². The molecule has 1 aromatic rings. The summed E-state index contributed by atoms with van der Waals surface area (Å²) in [7, 11) is 0. The molecule has 0 saturated carbocycles. The molecule has 1 rings (SSSR count). The van der Waals surface area contributed by atoms with Crippen LogP contribution in [0, 0.1) is 6.92 Å². The summed E-state index contributed by atoms with van der Waals surface area (Å²) >= 11 is 0. The Kier molecular flexibility index (Phi) is 2.73. The van der Waals surface area contributed by atoms with E-state index in [0.717, 1.165) is 19.2 Å². The fraction of sp³-hybridized carbons (Fsp3) is 0.375. The lowest BCUT2D eigenvalue weighted by molar-refractivity contribution is -0.141. The molecule has 0 saturated heterocycles. The van der Waals surface area contributed by atoms with Gasteiger partial charge in [-0.2, -0.15) is 13.2 Å². The normalized spacial score (nSPS) is 12.2. The van der Waals surface area contributed by atoms with Gasteiger partial charge in [-0.05, 0) is 18.6 Å². The second-order valence-electron chi connectivity index (χ2n) is 2.67. The molecule has 0 radical (unpaired) electrons. The number of hydrogen-bond donors (Lipinski definition) is 0. The molecule has 1 heterocycles. The number of halogens is 5. The zero-order valence-electron chi connectivity index (χ0n) is 7.07. The summed E-state index contributed by atoms with van der Waals surface area (Å²) in [5, 5.41) is 0. The molecule has 1 nitrogen and oxygen atoms in total. The number of alkyl halides is 5. The van der Waals surface area contributed by atoms with Gasteiger partial charge in [0.05, 0.1) is 0 Å². The van der Waals surface area contributed by atoms with E-state index in [4.69, 9.17) is 0 Å². The SMILES string of the molecule is Cc1c(C(F)F)ccnc1C(F)(F)F. The van der Waals surface area contributed by atoms with Gasteiger partial charge in [0.15, 0.2) is 0 Å². The second-order valence-corrected chi connectivity index (χ2v) is 2.67. The van der Waals surface area contributed by atoms with Crippen molar-refractivity contribution in [2.45, 2.75) is 19.5 Å². The highest BCUT2D eigenvalue weighted by Gasteiger charge is 2.35. The van der Waals surface area contributed by atoms with Gasteiger partial charge < -0.3 is 0 Å². The molecule has 0 amide bonds. The number of pyridine rings is 1. The van der Waals surface area contributed by atoms with Crippen molar-refractivity contribution in [3.63, 3.8) is 0 Å². The van der Waals surface area contributed by atoms with Crippen molar-refractivity contribution in [1.82, 2.24) is 4.98 Å². The van der Waals surface area contributed by atoms with Gasteiger partial charge in [0.2, 0.25) is 0 Å². The fourth-order valence-corrected chi connectivity index (χ4v) is 1.07. The third kappa shape index (κ3) is 2.00. The lowest BCUT2D eigenvalue weighted by atomic mass is 10.1. The van der Waals surface area contributed by atoms with E-state index < -0.39 is 29.4 Å². The summed E-state index contributed by atoms with van der Waals surface area (Å²) in [5.41, 5.74) is -2.40. The molecule has 0 aliphatic rings. The standard InChI is InChI=1S/C8H6F5N/c1-4-5(7(9)10)2-3-14-6(4)8(11,12)13/h2-3,7H,1H3. The molecule has 1 aromatic heterocycles. The molecular formula is C8H6F5N. The average molecular weight is 211 g/mol. The van der Waals surface area contributed by atoms with E-state index in [2.05, 4.69) is 4.98 Å². The van der Waals surface area contributed by atoms with E-state index in [-0.39, 0.29) is 0 Å². The molecular weight excluding hydrogens is 205 g/mol. The highest BCUT2D eigenvalue weighted by Crippen LogP contribution is 2.33. The predicted molar refractivity (Wildman–Crippen MR) is 38.9 cm³/mol. The van der Waals surface area contributed by atoms with E-state index in [0.29, 0.717) is 0 Å². The average Bonchev–Trinajstić information content (AvgIpc) is 2.01. The number of hydrogen-bond acceptors (Lipinski definition) is 1. The van der Waals surface area contributed by atoms with Crippen molar-refractivity contribution in [2.75, 3.05) is 0 Å². The second kappa shape index (κ2) is 3.51. The summed E-state index contributed by atoms with van der Waals surface area (Å²) in [6.45, 7) is 0.983. The Balaban J connectivity index is 3.28. The van der Waals surface area contributed by atoms with Crippen LogP contribution in [-0.2, 0) is 6.18 Å². The summed E-state index contributed by atoms with van der Waals surface area (Å²) in [5.74, 6) is 0. The predicted octanol–water partition coefficient (Wildman–Crippen LogP) is 3.35. The van der Waals surface area contributed by atoms with E-state index >= 15 is 0 Å². The smallest absolute Gasteiger partial charge is 0.251 e. The molecule has 0 atom stereocenters. The zero-order valence-corrected chi connectivity index (χ0v) is 7.07. The molecule has 0 spiro atoms. The highest BCUT2D eigenvalue weighted by molar-refractivity contribution is 5.31. The van der Waals surface area contributed by atoms with Gasteiger partial charge in [-0.15, -0.1) is 0 Å². The number of aromatic nitrogens is 1. The van der Waals surface area contributed by atoms with Crippen LogP contribution in [0.25, 0.3) is 0 Å². The van der Waals surface area contributed by atoms with Crippen LogP contribution in [0.3, 0.4) is 0 Å². The zero-order chi connectivity index (χ0) is 10.9. The number of nitrogens with zero attached hydrogens (tertiary/aromatic N) is 1. The monoisotopic (exact) mass is 211 g/mol. The van der Waals surface area contributed by atoms with Crippen molar-refractivity contribution in [3.05, 3.63) is 29.1 Å².